The maximum Gasteiger partial charge on any atom is 0.252 e. The molecule has 214 valence electrons. The summed E-state index contributed by atoms with van der Waals surface area (Å²) in [5.74, 6) is -0.400. The van der Waals surface area contributed by atoms with Crippen LogP contribution in [0.15, 0.2) is 42.5 Å². The standard InChI is InChI=1S/C32H45NO5S/c1-22(2)37-21-26(18-24-11-6-5-7-12-24)38-20-25-14-15-28(29(19-25)27-13-9-8-10-23(27)3)31(34)33-30(32(35)36)16-17-39-4/h8-10,13-15,19,22,24,26,30H,5-7,11-12,16-18,20-21H2,1-4H3,(H,33,34)(H,35,36)/p-1/t26-,30-/m0/s1. The van der Waals surface area contributed by atoms with Crippen LogP contribution >= 0.6 is 11.8 Å². The lowest BCUT2D eigenvalue weighted by Crippen LogP contribution is -2.48. The third kappa shape index (κ3) is 9.96. The summed E-state index contributed by atoms with van der Waals surface area (Å²) in [5, 5.41) is 14.3. The number of hydrogen-bond donors (Lipinski definition) is 1. The summed E-state index contributed by atoms with van der Waals surface area (Å²) in [6.07, 6.45) is 9.80. The van der Waals surface area contributed by atoms with Gasteiger partial charge in [0.2, 0.25) is 0 Å². The molecule has 1 aliphatic carbocycles. The Kier molecular flexibility index (Phi) is 12.8. The van der Waals surface area contributed by atoms with Gasteiger partial charge in [0.25, 0.3) is 5.91 Å². The number of aliphatic carboxylic acids is 1. The van der Waals surface area contributed by atoms with Crippen LogP contribution in [0.2, 0.25) is 0 Å². The average molecular weight is 555 g/mol. The summed E-state index contributed by atoms with van der Waals surface area (Å²) >= 11 is 1.53. The van der Waals surface area contributed by atoms with E-state index in [1.54, 1.807) is 6.07 Å². The molecular weight excluding hydrogens is 510 g/mol. The van der Waals surface area contributed by atoms with Crippen LogP contribution in [0.3, 0.4) is 0 Å². The smallest absolute Gasteiger partial charge is 0.252 e. The number of carbonyl (C=O) groups excluding carboxylic acids is 2. The third-order valence-electron chi connectivity index (χ3n) is 7.39. The van der Waals surface area contributed by atoms with Gasteiger partial charge in [-0.25, -0.2) is 0 Å². The molecule has 2 aromatic rings. The predicted octanol–water partition coefficient (Wildman–Crippen LogP) is 5.54. The average Bonchev–Trinajstić information content (AvgIpc) is 2.93. The van der Waals surface area contributed by atoms with Crippen molar-refractivity contribution >= 4 is 23.6 Å². The topological polar surface area (TPSA) is 87.7 Å². The van der Waals surface area contributed by atoms with Gasteiger partial charge in [0.1, 0.15) is 0 Å². The second-order valence-corrected chi connectivity index (χ2v) is 11.9. The second kappa shape index (κ2) is 16.0. The molecule has 0 unspecified atom stereocenters. The lowest BCUT2D eigenvalue weighted by molar-refractivity contribution is -0.308. The molecule has 2 aromatic carbocycles. The number of ether oxygens (including phenoxy) is 2. The molecule has 0 aromatic heterocycles. The van der Waals surface area contributed by atoms with E-state index >= 15 is 0 Å². The van der Waals surface area contributed by atoms with E-state index in [1.807, 2.05) is 63.4 Å². The van der Waals surface area contributed by atoms with Gasteiger partial charge < -0.3 is 24.7 Å². The SMILES string of the molecule is CSCC[C@H](NC(=O)c1ccc(CO[C@H](COC(C)C)CC2CCCCC2)cc1-c1ccccc1C)C(=O)[O-]. The minimum atomic E-state index is -1.27. The summed E-state index contributed by atoms with van der Waals surface area (Å²) in [6, 6.07) is 12.5. The molecule has 1 amide bonds. The van der Waals surface area contributed by atoms with Crippen LogP contribution in [-0.2, 0) is 20.9 Å². The second-order valence-electron chi connectivity index (χ2n) is 10.9. The van der Waals surface area contributed by atoms with Crippen molar-refractivity contribution in [2.45, 2.75) is 90.6 Å². The number of aryl methyl sites for hydroxylation is 1. The van der Waals surface area contributed by atoms with Gasteiger partial charge in [-0.2, -0.15) is 11.8 Å². The Hall–Kier alpha value is -2.35. The van der Waals surface area contributed by atoms with Gasteiger partial charge >= 0.3 is 0 Å². The molecule has 1 N–H and O–H groups in total. The van der Waals surface area contributed by atoms with Crippen LogP contribution in [-0.4, -0.2) is 48.7 Å². The zero-order chi connectivity index (χ0) is 28.2. The molecule has 1 saturated carbocycles. The van der Waals surface area contributed by atoms with Crippen LogP contribution in [0.1, 0.15) is 80.3 Å². The van der Waals surface area contributed by atoms with Gasteiger partial charge in [-0.1, -0.05) is 62.4 Å². The van der Waals surface area contributed by atoms with Crippen molar-refractivity contribution < 1.29 is 24.2 Å². The van der Waals surface area contributed by atoms with Crippen molar-refractivity contribution in [1.82, 2.24) is 5.32 Å². The molecular formula is C32H44NO5S-. The van der Waals surface area contributed by atoms with Crippen LogP contribution in [0.25, 0.3) is 11.1 Å². The summed E-state index contributed by atoms with van der Waals surface area (Å²) in [6.45, 7) is 7.07. The molecule has 1 fully saturated rings. The first-order chi connectivity index (χ1) is 18.8. The molecule has 0 bridgehead atoms. The van der Waals surface area contributed by atoms with E-state index in [-0.39, 0.29) is 12.2 Å². The van der Waals surface area contributed by atoms with Crippen molar-refractivity contribution in [1.29, 1.82) is 0 Å². The maximum absolute atomic E-state index is 13.3. The number of benzene rings is 2. The molecule has 6 nitrogen and oxygen atoms in total. The third-order valence-corrected chi connectivity index (χ3v) is 8.03. The molecule has 0 spiro atoms. The van der Waals surface area contributed by atoms with E-state index in [0.29, 0.717) is 36.9 Å². The van der Waals surface area contributed by atoms with Crippen molar-refractivity contribution in [2.75, 3.05) is 18.6 Å². The first-order valence-corrected chi connectivity index (χ1v) is 15.6. The summed E-state index contributed by atoms with van der Waals surface area (Å²) in [4.78, 5) is 25.0. The van der Waals surface area contributed by atoms with Crippen LogP contribution in [0, 0.1) is 12.8 Å². The van der Waals surface area contributed by atoms with Gasteiger partial charge in [0.15, 0.2) is 0 Å². The Morgan fingerprint density at radius 1 is 1.05 bits per heavy atom. The molecule has 0 radical (unpaired) electrons. The minimum absolute atomic E-state index is 0.0145. The quantitative estimate of drug-likeness (QED) is 0.311. The molecule has 0 heterocycles. The number of amides is 1. The summed E-state index contributed by atoms with van der Waals surface area (Å²) in [7, 11) is 0. The van der Waals surface area contributed by atoms with Crippen molar-refractivity contribution in [3.8, 4) is 11.1 Å². The number of carbonyl (C=O) groups is 2. The van der Waals surface area contributed by atoms with Crippen molar-refractivity contribution in [2.24, 2.45) is 5.92 Å². The van der Waals surface area contributed by atoms with E-state index in [9.17, 15) is 14.7 Å². The lowest BCUT2D eigenvalue weighted by atomic mass is 9.85. The highest BCUT2D eigenvalue weighted by Gasteiger charge is 2.22. The molecule has 1 aliphatic rings. The molecule has 0 aliphatic heterocycles. The van der Waals surface area contributed by atoms with Gasteiger partial charge in [-0.05, 0) is 85.9 Å². The van der Waals surface area contributed by atoms with E-state index in [0.717, 1.165) is 28.7 Å². The van der Waals surface area contributed by atoms with Gasteiger partial charge in [0.05, 0.1) is 37.4 Å². The van der Waals surface area contributed by atoms with E-state index < -0.39 is 17.9 Å². The highest BCUT2D eigenvalue weighted by atomic mass is 32.2. The number of thioether (sulfide) groups is 1. The van der Waals surface area contributed by atoms with Crippen molar-refractivity contribution in [3.63, 3.8) is 0 Å². The van der Waals surface area contributed by atoms with Crippen molar-refractivity contribution in [3.05, 3.63) is 59.2 Å². The van der Waals surface area contributed by atoms with Gasteiger partial charge in [-0.15, -0.1) is 0 Å². The fourth-order valence-corrected chi connectivity index (χ4v) is 5.66. The Balaban J connectivity index is 1.82. The summed E-state index contributed by atoms with van der Waals surface area (Å²) < 4.78 is 12.4. The van der Waals surface area contributed by atoms with Gasteiger partial charge in [0, 0.05) is 5.56 Å². The highest BCUT2D eigenvalue weighted by molar-refractivity contribution is 7.98. The van der Waals surface area contributed by atoms with Crippen LogP contribution in [0.5, 0.6) is 0 Å². The molecule has 7 heteroatoms. The van der Waals surface area contributed by atoms with E-state index in [2.05, 4.69) is 5.32 Å². The number of nitrogens with one attached hydrogen (secondary N) is 1. The van der Waals surface area contributed by atoms with Crippen LogP contribution < -0.4 is 10.4 Å². The molecule has 3 rings (SSSR count). The Morgan fingerprint density at radius 3 is 2.46 bits per heavy atom. The maximum atomic E-state index is 13.3. The number of hydrogen-bond acceptors (Lipinski definition) is 6. The monoisotopic (exact) mass is 554 g/mol. The summed E-state index contributed by atoms with van der Waals surface area (Å²) in [5.41, 5.74) is 4.12. The normalized spacial score (nSPS) is 15.7. The first-order valence-electron chi connectivity index (χ1n) is 14.2. The van der Waals surface area contributed by atoms with Crippen LogP contribution in [0.4, 0.5) is 0 Å². The fraction of sp³-hybridized carbons (Fsp3) is 0.562. The Labute approximate surface area is 238 Å². The lowest BCUT2D eigenvalue weighted by Gasteiger charge is -2.27. The number of carboxylic acids is 1. The number of carboxylic acid groups (broad SMARTS) is 1. The zero-order valence-electron chi connectivity index (χ0n) is 23.9. The molecule has 39 heavy (non-hydrogen) atoms. The van der Waals surface area contributed by atoms with E-state index in [1.165, 1.54) is 43.9 Å². The highest BCUT2D eigenvalue weighted by Crippen LogP contribution is 2.31. The van der Waals surface area contributed by atoms with E-state index in [4.69, 9.17) is 9.47 Å². The zero-order valence-corrected chi connectivity index (χ0v) is 24.7. The predicted molar refractivity (Wildman–Crippen MR) is 157 cm³/mol. The fourth-order valence-electron chi connectivity index (χ4n) is 5.19. The minimum Gasteiger partial charge on any atom is -0.548 e. The molecule has 2 atom stereocenters. The Bertz CT molecular complexity index is 1070. The largest absolute Gasteiger partial charge is 0.548 e. The first kappa shape index (κ1) is 31.2. The number of rotatable bonds is 15. The molecule has 0 saturated heterocycles. The Morgan fingerprint density at radius 2 is 1.79 bits per heavy atom. The van der Waals surface area contributed by atoms with Gasteiger partial charge in [-0.3, -0.25) is 4.79 Å².